The molecule has 1 amide bonds. The minimum atomic E-state index is -0.274. The van der Waals surface area contributed by atoms with Crippen LogP contribution in [0.15, 0.2) is 65.8 Å². The number of nitrogens with zero attached hydrogens (tertiary/aromatic N) is 1. The molecule has 0 aliphatic heterocycles. The topological polar surface area (TPSA) is 70.9 Å². The third-order valence-electron chi connectivity index (χ3n) is 6.03. The lowest BCUT2D eigenvalue weighted by Crippen LogP contribution is -2.20. The summed E-state index contributed by atoms with van der Waals surface area (Å²) in [6.45, 7) is 12.8. The first-order valence-corrected chi connectivity index (χ1v) is 12.5. The van der Waals surface area contributed by atoms with Crippen molar-refractivity contribution >= 4 is 12.1 Å². The van der Waals surface area contributed by atoms with Crippen LogP contribution in [-0.4, -0.2) is 17.2 Å². The summed E-state index contributed by atoms with van der Waals surface area (Å²) in [6.07, 6.45) is 2.41. The van der Waals surface area contributed by atoms with Gasteiger partial charge >= 0.3 is 0 Å². The van der Waals surface area contributed by atoms with Gasteiger partial charge in [-0.2, -0.15) is 5.10 Å². The molecule has 3 aromatic rings. The Morgan fingerprint density at radius 1 is 0.919 bits per heavy atom. The smallest absolute Gasteiger partial charge is 0.240 e. The van der Waals surface area contributed by atoms with Crippen molar-refractivity contribution in [1.82, 2.24) is 5.43 Å². The Morgan fingerprint density at radius 3 is 2.03 bits per heavy atom. The van der Waals surface area contributed by atoms with Crippen LogP contribution in [0.1, 0.15) is 75.8 Å². The highest BCUT2D eigenvalue weighted by atomic mass is 19.1. The Labute approximate surface area is 219 Å². The third-order valence-corrected chi connectivity index (χ3v) is 6.03. The molecule has 0 heterocycles. The molecule has 0 saturated heterocycles. The number of hydrogen-bond donors (Lipinski definition) is 2. The van der Waals surface area contributed by atoms with E-state index in [1.807, 2.05) is 36.4 Å². The van der Waals surface area contributed by atoms with Gasteiger partial charge in [-0.3, -0.25) is 4.79 Å². The third kappa shape index (κ3) is 8.17. The Bertz CT molecular complexity index is 1200. The van der Waals surface area contributed by atoms with Gasteiger partial charge in [0.15, 0.2) is 0 Å². The number of aryl methyl sites for hydroxylation is 1. The van der Waals surface area contributed by atoms with Crippen molar-refractivity contribution in [2.24, 2.45) is 5.10 Å². The van der Waals surface area contributed by atoms with Crippen LogP contribution in [0.5, 0.6) is 11.5 Å². The van der Waals surface area contributed by atoms with E-state index in [-0.39, 0.29) is 29.0 Å². The lowest BCUT2D eigenvalue weighted by Gasteiger charge is -2.28. The normalized spacial score (nSPS) is 12.1. The number of ether oxygens (including phenoxy) is 1. The number of rotatable bonds is 8. The number of aromatic hydroxyl groups is 1. The summed E-state index contributed by atoms with van der Waals surface area (Å²) in [7, 11) is 0. The molecule has 0 bridgehead atoms. The van der Waals surface area contributed by atoms with E-state index in [0.717, 1.165) is 27.8 Å². The average Bonchev–Trinajstić information content (AvgIpc) is 2.82. The van der Waals surface area contributed by atoms with E-state index in [4.69, 9.17) is 4.74 Å². The number of amides is 1. The molecule has 0 radical (unpaired) electrons. The molecule has 37 heavy (non-hydrogen) atoms. The van der Waals surface area contributed by atoms with E-state index in [9.17, 15) is 14.3 Å². The van der Waals surface area contributed by atoms with Crippen LogP contribution in [0.25, 0.3) is 0 Å². The molecule has 0 aliphatic carbocycles. The van der Waals surface area contributed by atoms with Crippen LogP contribution in [0.3, 0.4) is 0 Å². The van der Waals surface area contributed by atoms with E-state index in [1.54, 1.807) is 18.3 Å². The maximum absolute atomic E-state index is 13.0. The predicted molar refractivity (Wildman–Crippen MR) is 147 cm³/mol. The van der Waals surface area contributed by atoms with Crippen molar-refractivity contribution in [3.63, 3.8) is 0 Å². The zero-order valence-corrected chi connectivity index (χ0v) is 22.6. The van der Waals surface area contributed by atoms with Crippen molar-refractivity contribution in [2.75, 3.05) is 0 Å². The zero-order valence-electron chi connectivity index (χ0n) is 22.6. The molecule has 3 aromatic carbocycles. The van der Waals surface area contributed by atoms with E-state index in [1.165, 1.54) is 12.1 Å². The van der Waals surface area contributed by atoms with Crippen LogP contribution in [0.2, 0.25) is 0 Å². The highest BCUT2D eigenvalue weighted by Gasteiger charge is 2.26. The fourth-order valence-electron chi connectivity index (χ4n) is 3.87. The molecule has 5 nitrogen and oxygen atoms in total. The lowest BCUT2D eigenvalue weighted by atomic mass is 9.78. The van der Waals surface area contributed by atoms with Gasteiger partial charge in [-0.1, -0.05) is 65.8 Å². The molecule has 196 valence electrons. The van der Waals surface area contributed by atoms with Gasteiger partial charge in [0.05, 0.1) is 6.21 Å². The number of carbonyl (C=O) groups excluding carboxylic acids is 1. The Morgan fingerprint density at radius 2 is 1.49 bits per heavy atom. The highest BCUT2D eigenvalue weighted by Crippen LogP contribution is 2.40. The highest BCUT2D eigenvalue weighted by molar-refractivity contribution is 5.82. The van der Waals surface area contributed by atoms with E-state index < -0.39 is 0 Å². The number of carbonyl (C=O) groups is 1. The SMILES string of the molecule is CC(C)(C)c1cc(CCC(=O)N/N=C\c2ccc(OCc3ccc(F)cc3)cc2)cc(C(C)(C)C)c1O. The van der Waals surface area contributed by atoms with Gasteiger partial charge in [0.1, 0.15) is 23.9 Å². The second-order valence-electron chi connectivity index (χ2n) is 11.3. The minimum absolute atomic E-state index is 0.182. The Kier molecular flexibility index (Phi) is 8.74. The maximum atomic E-state index is 13.0. The molecule has 0 saturated carbocycles. The fraction of sp³-hybridized carbons (Fsp3) is 0.355. The zero-order chi connectivity index (χ0) is 27.2. The summed E-state index contributed by atoms with van der Waals surface area (Å²) in [4.78, 5) is 12.4. The van der Waals surface area contributed by atoms with Crippen molar-refractivity contribution in [2.45, 2.75) is 71.8 Å². The summed E-state index contributed by atoms with van der Waals surface area (Å²) in [6, 6.07) is 17.5. The van der Waals surface area contributed by atoms with Crippen molar-refractivity contribution in [3.05, 3.63) is 94.3 Å². The molecule has 2 N–H and O–H groups in total. The molecule has 0 spiro atoms. The first kappa shape index (κ1) is 27.9. The van der Waals surface area contributed by atoms with Gasteiger partial charge in [-0.25, -0.2) is 9.82 Å². The monoisotopic (exact) mass is 504 g/mol. The Hall–Kier alpha value is -3.67. The predicted octanol–water partition coefficient (Wildman–Crippen LogP) is 6.79. The first-order valence-electron chi connectivity index (χ1n) is 12.5. The van der Waals surface area contributed by atoms with Crippen LogP contribution < -0.4 is 10.2 Å². The van der Waals surface area contributed by atoms with E-state index >= 15 is 0 Å². The number of halogens is 1. The maximum Gasteiger partial charge on any atom is 0.240 e. The van der Waals surface area contributed by atoms with Crippen LogP contribution in [0, 0.1) is 5.82 Å². The number of phenols is 1. The van der Waals surface area contributed by atoms with Gasteiger partial charge in [0, 0.05) is 6.42 Å². The number of benzene rings is 3. The van der Waals surface area contributed by atoms with Crippen LogP contribution >= 0.6 is 0 Å². The summed E-state index contributed by atoms with van der Waals surface area (Å²) >= 11 is 0. The summed E-state index contributed by atoms with van der Waals surface area (Å²) in [5.74, 6) is 0.565. The molecule has 0 atom stereocenters. The second kappa shape index (κ2) is 11.6. The summed E-state index contributed by atoms with van der Waals surface area (Å²) in [5, 5.41) is 14.9. The average molecular weight is 505 g/mol. The fourth-order valence-corrected chi connectivity index (χ4v) is 3.87. The van der Waals surface area contributed by atoms with Gasteiger partial charge in [0.2, 0.25) is 5.91 Å². The van der Waals surface area contributed by atoms with Crippen LogP contribution in [-0.2, 0) is 28.7 Å². The van der Waals surface area contributed by atoms with Crippen molar-refractivity contribution in [3.8, 4) is 11.5 Å². The molecule has 6 heteroatoms. The van der Waals surface area contributed by atoms with Gasteiger partial charge in [0.25, 0.3) is 0 Å². The number of hydrogen-bond acceptors (Lipinski definition) is 4. The lowest BCUT2D eigenvalue weighted by molar-refractivity contribution is -0.121. The molecular formula is C31H37FN2O3. The molecule has 0 unspecified atom stereocenters. The quantitative estimate of drug-likeness (QED) is 0.262. The number of hydrazone groups is 1. The van der Waals surface area contributed by atoms with Crippen LogP contribution in [0.4, 0.5) is 4.39 Å². The van der Waals surface area contributed by atoms with E-state index in [0.29, 0.717) is 24.5 Å². The molecule has 0 fully saturated rings. The van der Waals surface area contributed by atoms with Crippen molar-refractivity contribution in [1.29, 1.82) is 0 Å². The second-order valence-corrected chi connectivity index (χ2v) is 11.3. The molecule has 0 aromatic heterocycles. The van der Waals surface area contributed by atoms with E-state index in [2.05, 4.69) is 52.1 Å². The minimum Gasteiger partial charge on any atom is -0.507 e. The largest absolute Gasteiger partial charge is 0.507 e. The van der Waals surface area contributed by atoms with Gasteiger partial charge in [-0.05, 0) is 81.5 Å². The first-order chi connectivity index (χ1) is 17.3. The Balaban J connectivity index is 1.54. The number of nitrogens with one attached hydrogen (secondary N) is 1. The van der Waals surface area contributed by atoms with Gasteiger partial charge < -0.3 is 9.84 Å². The molecule has 0 aliphatic rings. The molecule has 3 rings (SSSR count). The number of phenolic OH excluding ortho intramolecular Hbond substituents is 1. The standard InChI is InChI=1S/C31H37FN2O3/c1-30(2,3)26-17-23(18-27(29(26)36)31(4,5)6)11-16-28(35)34-33-19-21-9-14-25(15-10-21)37-20-22-7-12-24(32)13-8-22/h7-10,12-15,17-19,36H,11,16,20H2,1-6H3,(H,34,35)/b33-19-. The van der Waals surface area contributed by atoms with Crippen molar-refractivity contribution < 1.29 is 19.0 Å². The van der Waals surface area contributed by atoms with Gasteiger partial charge in [-0.15, -0.1) is 0 Å². The summed E-state index contributed by atoms with van der Waals surface area (Å²) in [5.41, 5.74) is 6.65. The molecular weight excluding hydrogens is 467 g/mol. The summed E-state index contributed by atoms with van der Waals surface area (Å²) < 4.78 is 18.7.